The molecule has 114 valence electrons. The van der Waals surface area contributed by atoms with Gasteiger partial charge in [0.05, 0.1) is 12.2 Å². The summed E-state index contributed by atoms with van der Waals surface area (Å²) in [6.07, 6.45) is 1.83. The molecule has 0 aliphatic carbocycles. The van der Waals surface area contributed by atoms with Crippen molar-refractivity contribution < 1.29 is 13.2 Å². The predicted molar refractivity (Wildman–Crippen MR) is 76.8 cm³/mol. The first-order chi connectivity index (χ1) is 8.47. The summed E-state index contributed by atoms with van der Waals surface area (Å²) in [5.74, 6) is 0. The lowest BCUT2D eigenvalue weighted by Gasteiger charge is -2.35. The number of morpholine rings is 1. The molecule has 2 N–H and O–H groups in total. The number of ether oxygens (including phenoxy) is 1. The molecule has 0 saturated carbocycles. The third kappa shape index (κ3) is 4.84. The van der Waals surface area contributed by atoms with Gasteiger partial charge >= 0.3 is 0 Å². The van der Waals surface area contributed by atoms with E-state index in [0.717, 1.165) is 19.4 Å². The van der Waals surface area contributed by atoms with Gasteiger partial charge in [0.15, 0.2) is 0 Å². The molecule has 2 rings (SSSR count). The van der Waals surface area contributed by atoms with Crippen LogP contribution in [0.2, 0.25) is 0 Å². The first-order valence-electron chi connectivity index (χ1n) is 6.61. The fourth-order valence-electron chi connectivity index (χ4n) is 2.56. The summed E-state index contributed by atoms with van der Waals surface area (Å²) < 4.78 is 34.4. The van der Waals surface area contributed by atoms with Crippen LogP contribution in [0.15, 0.2) is 0 Å². The second kappa shape index (κ2) is 7.19. The first-order valence-corrected chi connectivity index (χ1v) is 8.05. The third-order valence-corrected chi connectivity index (χ3v) is 4.95. The highest BCUT2D eigenvalue weighted by atomic mass is 35.5. The molecule has 2 saturated heterocycles. The van der Waals surface area contributed by atoms with E-state index in [1.807, 2.05) is 13.8 Å². The maximum Gasteiger partial charge on any atom is 0.279 e. The molecule has 0 aromatic carbocycles. The van der Waals surface area contributed by atoms with Crippen LogP contribution in [0.4, 0.5) is 0 Å². The van der Waals surface area contributed by atoms with E-state index in [-0.39, 0.29) is 30.7 Å². The minimum absolute atomic E-state index is 0. The number of hydrogen-bond donors (Lipinski definition) is 2. The van der Waals surface area contributed by atoms with Crippen molar-refractivity contribution in [3.8, 4) is 0 Å². The number of halogens is 1. The molecule has 0 spiro atoms. The Morgan fingerprint density at radius 3 is 2.42 bits per heavy atom. The number of nitrogens with zero attached hydrogens (tertiary/aromatic N) is 1. The summed E-state index contributed by atoms with van der Waals surface area (Å²) in [4.78, 5) is 0. The molecule has 0 aromatic heterocycles. The Morgan fingerprint density at radius 2 is 1.89 bits per heavy atom. The molecule has 6 nitrogen and oxygen atoms in total. The lowest BCUT2D eigenvalue weighted by Crippen LogP contribution is -2.55. The first kappa shape index (κ1) is 17.1. The molecule has 0 radical (unpaired) electrons. The van der Waals surface area contributed by atoms with E-state index >= 15 is 0 Å². The van der Waals surface area contributed by atoms with Crippen molar-refractivity contribution >= 4 is 22.6 Å². The Bertz CT molecular complexity index is 363. The quantitative estimate of drug-likeness (QED) is 0.775. The zero-order chi connectivity index (χ0) is 13.2. The van der Waals surface area contributed by atoms with Gasteiger partial charge in [-0.2, -0.15) is 17.4 Å². The minimum atomic E-state index is -3.39. The van der Waals surface area contributed by atoms with E-state index in [2.05, 4.69) is 10.0 Å². The summed E-state index contributed by atoms with van der Waals surface area (Å²) >= 11 is 0. The molecule has 0 bridgehead atoms. The summed E-state index contributed by atoms with van der Waals surface area (Å²) in [6, 6.07) is 0.0113. The topological polar surface area (TPSA) is 70.7 Å². The Hall–Kier alpha value is 0.0800. The Labute approximate surface area is 121 Å². The molecule has 2 aliphatic rings. The third-order valence-electron chi connectivity index (χ3n) is 3.34. The maximum atomic E-state index is 12.3. The van der Waals surface area contributed by atoms with Crippen LogP contribution in [-0.2, 0) is 14.9 Å². The van der Waals surface area contributed by atoms with Gasteiger partial charge in [0.25, 0.3) is 10.2 Å². The summed E-state index contributed by atoms with van der Waals surface area (Å²) in [5.41, 5.74) is 0. The molecule has 2 heterocycles. The average molecular weight is 314 g/mol. The van der Waals surface area contributed by atoms with Crippen molar-refractivity contribution in [3.63, 3.8) is 0 Å². The van der Waals surface area contributed by atoms with E-state index in [1.54, 1.807) is 0 Å². The molecule has 3 unspecified atom stereocenters. The van der Waals surface area contributed by atoms with E-state index in [1.165, 1.54) is 4.31 Å². The van der Waals surface area contributed by atoms with Gasteiger partial charge in [0, 0.05) is 25.7 Å². The highest BCUT2D eigenvalue weighted by Crippen LogP contribution is 2.14. The second-order valence-corrected chi connectivity index (χ2v) is 6.94. The number of hydrogen-bond acceptors (Lipinski definition) is 4. The van der Waals surface area contributed by atoms with Crippen LogP contribution in [0.25, 0.3) is 0 Å². The van der Waals surface area contributed by atoms with Crippen LogP contribution in [-0.4, -0.2) is 57.2 Å². The molecule has 0 aromatic rings. The van der Waals surface area contributed by atoms with E-state index in [4.69, 9.17) is 4.74 Å². The van der Waals surface area contributed by atoms with Crippen molar-refractivity contribution in [3.05, 3.63) is 0 Å². The molecule has 2 aliphatic heterocycles. The highest BCUT2D eigenvalue weighted by molar-refractivity contribution is 7.87. The fraction of sp³-hybridized carbons (Fsp3) is 1.00. The van der Waals surface area contributed by atoms with Crippen LogP contribution in [0, 0.1) is 0 Å². The van der Waals surface area contributed by atoms with Crippen molar-refractivity contribution in [2.24, 2.45) is 0 Å². The lowest BCUT2D eigenvalue weighted by atomic mass is 10.1. The van der Waals surface area contributed by atoms with Gasteiger partial charge < -0.3 is 10.1 Å². The van der Waals surface area contributed by atoms with Crippen LogP contribution in [0.1, 0.15) is 26.7 Å². The van der Waals surface area contributed by atoms with Crippen LogP contribution >= 0.6 is 12.4 Å². The molecule has 2 fully saturated rings. The molecule has 8 heteroatoms. The van der Waals surface area contributed by atoms with Crippen molar-refractivity contribution in [1.82, 2.24) is 14.3 Å². The minimum Gasteiger partial charge on any atom is -0.373 e. The van der Waals surface area contributed by atoms with Gasteiger partial charge in [-0.15, -0.1) is 12.4 Å². The van der Waals surface area contributed by atoms with Gasteiger partial charge in [-0.05, 0) is 33.2 Å². The predicted octanol–water partition coefficient (Wildman–Crippen LogP) is 0.104. The Balaban J connectivity index is 0.00000180. The van der Waals surface area contributed by atoms with Crippen LogP contribution < -0.4 is 10.0 Å². The van der Waals surface area contributed by atoms with Crippen molar-refractivity contribution in [2.45, 2.75) is 44.9 Å². The monoisotopic (exact) mass is 313 g/mol. The Kier molecular flexibility index (Phi) is 6.49. The van der Waals surface area contributed by atoms with Gasteiger partial charge in [0.1, 0.15) is 0 Å². The number of rotatable bonds is 3. The second-order valence-electron chi connectivity index (χ2n) is 5.24. The fourth-order valence-corrected chi connectivity index (χ4v) is 4.15. The summed E-state index contributed by atoms with van der Waals surface area (Å²) in [5, 5.41) is 3.21. The van der Waals surface area contributed by atoms with E-state index in [0.29, 0.717) is 19.6 Å². The molecule has 0 amide bonds. The number of piperidine rings is 1. The van der Waals surface area contributed by atoms with Crippen LogP contribution in [0.5, 0.6) is 0 Å². The van der Waals surface area contributed by atoms with Gasteiger partial charge in [-0.25, -0.2) is 0 Å². The highest BCUT2D eigenvalue weighted by Gasteiger charge is 2.32. The van der Waals surface area contributed by atoms with Crippen LogP contribution in [0.3, 0.4) is 0 Å². The molecule has 19 heavy (non-hydrogen) atoms. The zero-order valence-electron chi connectivity index (χ0n) is 11.5. The van der Waals surface area contributed by atoms with Gasteiger partial charge in [-0.1, -0.05) is 0 Å². The standard InChI is InChI=1S/C11H23N3O3S.ClH/c1-9-7-14(8-10(2)17-9)18(15,16)13-11-4-3-5-12-6-11;/h9-13H,3-8H2,1-2H3;1H. The van der Waals surface area contributed by atoms with Gasteiger partial charge in [0.2, 0.25) is 0 Å². The van der Waals surface area contributed by atoms with E-state index in [9.17, 15) is 8.42 Å². The van der Waals surface area contributed by atoms with Gasteiger partial charge in [-0.3, -0.25) is 0 Å². The lowest BCUT2D eigenvalue weighted by molar-refractivity contribution is -0.0444. The molecular weight excluding hydrogens is 290 g/mol. The SMILES string of the molecule is CC1CN(S(=O)(=O)NC2CCCNC2)CC(C)O1.Cl. The largest absolute Gasteiger partial charge is 0.373 e. The Morgan fingerprint density at radius 1 is 1.26 bits per heavy atom. The van der Waals surface area contributed by atoms with E-state index < -0.39 is 10.2 Å². The average Bonchev–Trinajstić information content (AvgIpc) is 2.28. The summed E-state index contributed by atoms with van der Waals surface area (Å²) in [6.45, 7) is 6.36. The maximum absolute atomic E-state index is 12.3. The van der Waals surface area contributed by atoms with Crippen molar-refractivity contribution in [1.29, 1.82) is 0 Å². The molecule has 3 atom stereocenters. The van der Waals surface area contributed by atoms with Crippen molar-refractivity contribution in [2.75, 3.05) is 26.2 Å². The molecular formula is C11H24ClN3O3S. The number of nitrogens with one attached hydrogen (secondary N) is 2. The zero-order valence-corrected chi connectivity index (χ0v) is 13.1. The smallest absolute Gasteiger partial charge is 0.279 e. The summed E-state index contributed by atoms with van der Waals surface area (Å²) in [7, 11) is -3.39. The normalized spacial score (nSPS) is 33.7.